The van der Waals surface area contributed by atoms with Crippen molar-refractivity contribution in [2.75, 3.05) is 6.16 Å². The van der Waals surface area contributed by atoms with E-state index in [1.54, 1.807) is 12.1 Å². The van der Waals surface area contributed by atoms with Gasteiger partial charge in [-0.3, -0.25) is 4.79 Å². The zero-order valence-electron chi connectivity index (χ0n) is 17.0. The van der Waals surface area contributed by atoms with E-state index in [-0.39, 0.29) is 5.78 Å². The van der Waals surface area contributed by atoms with E-state index in [0.29, 0.717) is 46.3 Å². The van der Waals surface area contributed by atoms with Gasteiger partial charge >= 0.3 is 0 Å². The molecule has 0 aliphatic heterocycles. The molecule has 0 amide bonds. The van der Waals surface area contributed by atoms with E-state index in [4.69, 9.17) is 0 Å². The SMILES string of the molecule is CCP(=O)(/C(=C(\C(=O)c1ccccc1)c1ccccc1)C1(O)CC1)c1ccccc1. The van der Waals surface area contributed by atoms with Crippen LogP contribution in [0.4, 0.5) is 0 Å². The van der Waals surface area contributed by atoms with Crippen LogP contribution in [-0.4, -0.2) is 22.7 Å². The first-order valence-electron chi connectivity index (χ1n) is 10.3. The summed E-state index contributed by atoms with van der Waals surface area (Å²) in [6, 6.07) is 27.6. The Morgan fingerprint density at radius 1 is 0.833 bits per heavy atom. The quantitative estimate of drug-likeness (QED) is 0.314. The average Bonchev–Trinajstić information content (AvgIpc) is 3.56. The molecule has 1 saturated carbocycles. The number of aliphatic hydroxyl groups is 1. The molecule has 0 heterocycles. The van der Waals surface area contributed by atoms with Crippen molar-refractivity contribution in [2.24, 2.45) is 0 Å². The molecule has 1 atom stereocenters. The zero-order valence-corrected chi connectivity index (χ0v) is 17.9. The summed E-state index contributed by atoms with van der Waals surface area (Å²) in [6.45, 7) is 1.87. The van der Waals surface area contributed by atoms with Crippen molar-refractivity contribution in [2.45, 2.75) is 25.4 Å². The van der Waals surface area contributed by atoms with Gasteiger partial charge in [-0.05, 0) is 18.4 Å². The summed E-state index contributed by atoms with van der Waals surface area (Å²) in [4.78, 5) is 13.8. The predicted molar refractivity (Wildman–Crippen MR) is 123 cm³/mol. The van der Waals surface area contributed by atoms with E-state index in [2.05, 4.69) is 0 Å². The summed E-state index contributed by atoms with van der Waals surface area (Å²) >= 11 is 0. The van der Waals surface area contributed by atoms with Gasteiger partial charge in [0, 0.05) is 27.9 Å². The van der Waals surface area contributed by atoms with Crippen molar-refractivity contribution in [3.8, 4) is 0 Å². The maximum absolute atomic E-state index is 14.6. The first-order valence-corrected chi connectivity index (χ1v) is 12.2. The molecule has 0 saturated heterocycles. The van der Waals surface area contributed by atoms with Crippen LogP contribution in [0, 0.1) is 0 Å². The molecule has 0 aromatic heterocycles. The first-order chi connectivity index (χ1) is 14.5. The Hall–Kier alpha value is -2.74. The van der Waals surface area contributed by atoms with Gasteiger partial charge in [-0.25, -0.2) is 0 Å². The number of allylic oxidation sites excluding steroid dienone is 1. The van der Waals surface area contributed by atoms with Crippen LogP contribution in [0.2, 0.25) is 0 Å². The predicted octanol–water partition coefficient (Wildman–Crippen LogP) is 5.51. The van der Waals surface area contributed by atoms with Crippen LogP contribution in [0.25, 0.3) is 5.57 Å². The molecule has 3 nitrogen and oxygen atoms in total. The van der Waals surface area contributed by atoms with E-state index < -0.39 is 12.7 Å². The highest BCUT2D eigenvalue weighted by molar-refractivity contribution is 7.76. The fourth-order valence-electron chi connectivity index (χ4n) is 3.96. The Morgan fingerprint density at radius 2 is 1.30 bits per heavy atom. The second kappa shape index (κ2) is 8.18. The molecule has 4 heteroatoms. The van der Waals surface area contributed by atoms with Crippen LogP contribution in [-0.2, 0) is 4.57 Å². The lowest BCUT2D eigenvalue weighted by Gasteiger charge is -2.28. The number of benzene rings is 3. The molecule has 1 aliphatic carbocycles. The Labute approximate surface area is 177 Å². The van der Waals surface area contributed by atoms with Crippen molar-refractivity contribution in [1.82, 2.24) is 0 Å². The van der Waals surface area contributed by atoms with Gasteiger partial charge in [0.05, 0.1) is 5.60 Å². The molecule has 1 N–H and O–H groups in total. The van der Waals surface area contributed by atoms with Crippen LogP contribution in [0.15, 0.2) is 96.3 Å². The number of hydrogen-bond acceptors (Lipinski definition) is 3. The van der Waals surface area contributed by atoms with Crippen LogP contribution in [0.1, 0.15) is 35.7 Å². The standard InChI is InChI=1S/C26H25O3P/c1-2-30(29,22-16-10-5-11-17-22)25(26(28)18-19-26)23(20-12-6-3-7-13-20)24(27)21-14-8-4-9-15-21/h3-17,28H,2,18-19H2,1H3/b25-23-. The lowest BCUT2D eigenvalue weighted by Crippen LogP contribution is -2.23. The average molecular weight is 416 g/mol. The van der Waals surface area contributed by atoms with Gasteiger partial charge < -0.3 is 9.67 Å². The molecule has 0 spiro atoms. The second-order valence-electron chi connectivity index (χ2n) is 7.71. The summed E-state index contributed by atoms with van der Waals surface area (Å²) in [5.41, 5.74) is 0.368. The summed E-state index contributed by atoms with van der Waals surface area (Å²) in [7, 11) is -3.21. The van der Waals surface area contributed by atoms with Gasteiger partial charge in [0.2, 0.25) is 0 Å². The Kier molecular flexibility index (Phi) is 5.60. The lowest BCUT2D eigenvalue weighted by molar-refractivity contribution is 0.105. The zero-order chi connectivity index (χ0) is 21.2. The topological polar surface area (TPSA) is 54.4 Å². The van der Waals surface area contributed by atoms with E-state index in [9.17, 15) is 14.5 Å². The van der Waals surface area contributed by atoms with Crippen molar-refractivity contribution < 1.29 is 14.5 Å². The fraction of sp³-hybridized carbons (Fsp3) is 0.192. The van der Waals surface area contributed by atoms with Crippen LogP contribution in [0.3, 0.4) is 0 Å². The van der Waals surface area contributed by atoms with Gasteiger partial charge in [-0.2, -0.15) is 0 Å². The Balaban J connectivity index is 2.06. The van der Waals surface area contributed by atoms with Crippen LogP contribution >= 0.6 is 7.14 Å². The Morgan fingerprint density at radius 3 is 1.77 bits per heavy atom. The third kappa shape index (κ3) is 3.71. The van der Waals surface area contributed by atoms with Gasteiger partial charge in [0.15, 0.2) is 5.78 Å². The van der Waals surface area contributed by atoms with Gasteiger partial charge in [-0.15, -0.1) is 0 Å². The van der Waals surface area contributed by atoms with Crippen molar-refractivity contribution in [3.63, 3.8) is 0 Å². The maximum Gasteiger partial charge on any atom is 0.194 e. The molecule has 1 aliphatic rings. The molecule has 1 fully saturated rings. The maximum atomic E-state index is 14.6. The number of Topliss-reactive ketones (excluding diaryl/α,β-unsaturated/α-hetero) is 1. The number of rotatable bonds is 7. The second-order valence-corrected chi connectivity index (χ2v) is 10.8. The van der Waals surface area contributed by atoms with Crippen molar-refractivity contribution in [1.29, 1.82) is 0 Å². The molecular formula is C26H25O3P. The minimum atomic E-state index is -3.21. The number of ketones is 1. The minimum absolute atomic E-state index is 0.207. The third-order valence-electron chi connectivity index (χ3n) is 5.71. The summed E-state index contributed by atoms with van der Waals surface area (Å²) in [5, 5.41) is 12.4. The summed E-state index contributed by atoms with van der Waals surface area (Å²) < 4.78 is 14.6. The molecule has 30 heavy (non-hydrogen) atoms. The largest absolute Gasteiger partial charge is 0.385 e. The monoisotopic (exact) mass is 416 g/mol. The van der Waals surface area contributed by atoms with Gasteiger partial charge in [0.25, 0.3) is 0 Å². The summed E-state index contributed by atoms with van der Waals surface area (Å²) in [5.74, 6) is -0.207. The van der Waals surface area contributed by atoms with Gasteiger partial charge in [-0.1, -0.05) is 97.9 Å². The van der Waals surface area contributed by atoms with E-state index >= 15 is 0 Å². The third-order valence-corrected chi connectivity index (χ3v) is 9.09. The van der Waals surface area contributed by atoms with Crippen LogP contribution < -0.4 is 5.30 Å². The highest BCUT2D eigenvalue weighted by Crippen LogP contribution is 2.65. The normalized spacial score (nSPS) is 17.5. The molecular weight excluding hydrogens is 391 g/mol. The van der Waals surface area contributed by atoms with E-state index in [1.807, 2.05) is 85.8 Å². The van der Waals surface area contributed by atoms with Gasteiger partial charge in [0.1, 0.15) is 7.14 Å². The molecule has 0 radical (unpaired) electrons. The first kappa shape index (κ1) is 20.5. The molecule has 0 bridgehead atoms. The van der Waals surface area contributed by atoms with Crippen LogP contribution in [0.5, 0.6) is 0 Å². The number of carbonyl (C=O) groups is 1. The highest BCUT2D eigenvalue weighted by Gasteiger charge is 2.53. The fourth-order valence-corrected chi connectivity index (χ4v) is 7.04. The number of carbonyl (C=O) groups excluding carboxylic acids is 1. The molecule has 152 valence electrons. The molecule has 4 rings (SSSR count). The molecule has 1 unspecified atom stereocenters. The number of hydrogen-bond donors (Lipinski definition) is 1. The minimum Gasteiger partial charge on any atom is -0.385 e. The Bertz CT molecular complexity index is 1110. The van der Waals surface area contributed by atoms with Crippen molar-refractivity contribution >= 4 is 23.8 Å². The summed E-state index contributed by atoms with van der Waals surface area (Å²) in [6.07, 6.45) is 1.36. The highest BCUT2D eigenvalue weighted by atomic mass is 31.2. The lowest BCUT2D eigenvalue weighted by atomic mass is 9.94. The van der Waals surface area contributed by atoms with Crippen molar-refractivity contribution in [3.05, 3.63) is 107 Å². The smallest absolute Gasteiger partial charge is 0.194 e. The van der Waals surface area contributed by atoms with E-state index in [0.717, 1.165) is 0 Å². The molecule has 3 aromatic carbocycles. The van der Waals surface area contributed by atoms with E-state index in [1.165, 1.54) is 0 Å². The molecule has 3 aromatic rings.